The van der Waals surface area contributed by atoms with E-state index in [1.54, 1.807) is 13.8 Å². The van der Waals surface area contributed by atoms with Crippen LogP contribution in [0.25, 0.3) is 0 Å². The van der Waals surface area contributed by atoms with Gasteiger partial charge in [0.05, 0.1) is 13.2 Å². The average Bonchev–Trinajstić information content (AvgIpc) is 2.38. The van der Waals surface area contributed by atoms with Crippen molar-refractivity contribution in [1.82, 2.24) is 0 Å². The molecule has 0 saturated heterocycles. The molecule has 0 bridgehead atoms. The van der Waals surface area contributed by atoms with Gasteiger partial charge in [-0.05, 0) is 30.9 Å². The second-order valence-electron chi connectivity index (χ2n) is 4.64. The Morgan fingerprint density at radius 2 is 1.47 bits per heavy atom. The van der Waals surface area contributed by atoms with Gasteiger partial charge in [0.1, 0.15) is 5.78 Å². The molecule has 0 spiro atoms. The lowest BCUT2D eigenvalue weighted by molar-refractivity contribution is 0.212. The fourth-order valence-electron chi connectivity index (χ4n) is 1.82. The molecular weight excluding hydrogens is 261 g/mol. The first kappa shape index (κ1) is 16.4. The van der Waals surface area contributed by atoms with Crippen LogP contribution in [0.3, 0.4) is 0 Å². The van der Waals surface area contributed by atoms with E-state index in [1.807, 2.05) is 24.3 Å². The molecule has 0 amide bonds. The van der Waals surface area contributed by atoms with Gasteiger partial charge in [0.15, 0.2) is 0 Å². The molecule has 2 N–H and O–H groups in total. The first-order valence-electron chi connectivity index (χ1n) is 6.68. The predicted molar refractivity (Wildman–Crippen MR) is 78.3 cm³/mol. The van der Waals surface area contributed by atoms with Crippen LogP contribution in [0.1, 0.15) is 50.5 Å². The van der Waals surface area contributed by atoms with Crippen LogP contribution in [-0.4, -0.2) is 13.2 Å². The first-order valence-corrected chi connectivity index (χ1v) is 8.30. The number of hydrogen-bond donors (Lipinski definition) is 1. The van der Waals surface area contributed by atoms with Crippen LogP contribution in [0.15, 0.2) is 24.3 Å². The van der Waals surface area contributed by atoms with Gasteiger partial charge in [0.25, 0.3) is 0 Å². The zero-order valence-electron chi connectivity index (χ0n) is 12.1. The summed E-state index contributed by atoms with van der Waals surface area (Å²) in [5.41, 5.74) is 8.05. The SMILES string of the molecule is CCOP(=O)(OCC)[C@H](N)c1ccc(C(C)C)cc1. The van der Waals surface area contributed by atoms with Crippen LogP contribution in [0.2, 0.25) is 0 Å². The van der Waals surface area contributed by atoms with Crippen LogP contribution < -0.4 is 5.73 Å². The van der Waals surface area contributed by atoms with Gasteiger partial charge in [0.2, 0.25) is 0 Å². The van der Waals surface area contributed by atoms with Crippen molar-refractivity contribution in [3.63, 3.8) is 0 Å². The fourth-order valence-corrected chi connectivity index (χ4v) is 3.47. The number of rotatable bonds is 7. The average molecular weight is 285 g/mol. The van der Waals surface area contributed by atoms with Crippen LogP contribution in [-0.2, 0) is 13.6 Å². The Bertz CT molecular complexity index is 421. The molecule has 108 valence electrons. The summed E-state index contributed by atoms with van der Waals surface area (Å²) in [5.74, 6) is -0.288. The van der Waals surface area contributed by atoms with Gasteiger partial charge in [-0.1, -0.05) is 38.1 Å². The van der Waals surface area contributed by atoms with Crippen molar-refractivity contribution in [3.05, 3.63) is 35.4 Å². The summed E-state index contributed by atoms with van der Waals surface area (Å²) >= 11 is 0. The Hall–Kier alpha value is -0.670. The van der Waals surface area contributed by atoms with Crippen LogP contribution in [0, 0.1) is 0 Å². The smallest absolute Gasteiger partial charge is 0.314 e. The van der Waals surface area contributed by atoms with Crippen molar-refractivity contribution in [2.45, 2.75) is 39.4 Å². The highest BCUT2D eigenvalue weighted by atomic mass is 31.2. The van der Waals surface area contributed by atoms with Gasteiger partial charge in [-0.2, -0.15) is 0 Å². The molecule has 1 atom stereocenters. The molecule has 0 unspecified atom stereocenters. The zero-order chi connectivity index (χ0) is 14.5. The standard InChI is InChI=1S/C14H24NO3P/c1-5-17-19(16,18-6-2)14(15)13-9-7-12(8-10-13)11(3)4/h7-11,14H,5-6,15H2,1-4H3/t14-/m0/s1. The third-order valence-electron chi connectivity index (χ3n) is 2.90. The van der Waals surface area contributed by atoms with E-state index in [2.05, 4.69) is 13.8 Å². The van der Waals surface area contributed by atoms with E-state index in [0.717, 1.165) is 5.56 Å². The second-order valence-corrected chi connectivity index (χ2v) is 6.79. The monoisotopic (exact) mass is 285 g/mol. The highest BCUT2D eigenvalue weighted by Crippen LogP contribution is 2.58. The third kappa shape index (κ3) is 4.15. The molecule has 4 nitrogen and oxygen atoms in total. The Labute approximate surface area is 115 Å². The van der Waals surface area contributed by atoms with Crippen molar-refractivity contribution in [2.24, 2.45) is 5.73 Å². The van der Waals surface area contributed by atoms with E-state index in [9.17, 15) is 4.57 Å². The Morgan fingerprint density at radius 1 is 1.05 bits per heavy atom. The third-order valence-corrected chi connectivity index (χ3v) is 5.12. The molecule has 1 rings (SSSR count). The number of benzene rings is 1. The lowest BCUT2D eigenvalue weighted by atomic mass is 10.0. The van der Waals surface area contributed by atoms with Gasteiger partial charge in [-0.3, -0.25) is 4.57 Å². The van der Waals surface area contributed by atoms with Crippen molar-refractivity contribution in [3.8, 4) is 0 Å². The van der Waals surface area contributed by atoms with Crippen molar-refractivity contribution >= 4 is 7.60 Å². The van der Waals surface area contributed by atoms with E-state index in [0.29, 0.717) is 19.1 Å². The van der Waals surface area contributed by atoms with E-state index in [-0.39, 0.29) is 0 Å². The van der Waals surface area contributed by atoms with Crippen molar-refractivity contribution in [1.29, 1.82) is 0 Å². The highest BCUT2D eigenvalue weighted by molar-refractivity contribution is 7.54. The lowest BCUT2D eigenvalue weighted by Gasteiger charge is -2.23. The maximum absolute atomic E-state index is 12.6. The molecule has 1 aromatic rings. The first-order chi connectivity index (χ1) is 8.94. The predicted octanol–water partition coefficient (Wildman–Crippen LogP) is 4.03. The van der Waals surface area contributed by atoms with Gasteiger partial charge in [-0.25, -0.2) is 0 Å². The van der Waals surface area contributed by atoms with Crippen molar-refractivity contribution in [2.75, 3.05) is 13.2 Å². The molecule has 0 saturated carbocycles. The lowest BCUT2D eigenvalue weighted by Crippen LogP contribution is -2.15. The number of hydrogen-bond acceptors (Lipinski definition) is 4. The summed E-state index contributed by atoms with van der Waals surface area (Å²) in [5, 5.41) is 0. The Kier molecular flexibility index (Phi) is 6.21. The Balaban J connectivity index is 2.96. The van der Waals surface area contributed by atoms with Gasteiger partial charge < -0.3 is 14.8 Å². The molecule has 0 aliphatic carbocycles. The summed E-state index contributed by atoms with van der Waals surface area (Å²) < 4.78 is 23.1. The minimum atomic E-state index is -3.29. The molecule has 0 fully saturated rings. The minimum Gasteiger partial charge on any atom is -0.314 e. The van der Waals surface area contributed by atoms with E-state index in [4.69, 9.17) is 14.8 Å². The molecule has 19 heavy (non-hydrogen) atoms. The van der Waals surface area contributed by atoms with Crippen LogP contribution >= 0.6 is 7.60 Å². The van der Waals surface area contributed by atoms with Crippen LogP contribution in [0.4, 0.5) is 0 Å². The summed E-state index contributed by atoms with van der Waals surface area (Å²) in [6.07, 6.45) is 0. The van der Waals surface area contributed by atoms with Gasteiger partial charge in [0, 0.05) is 0 Å². The molecule has 0 aromatic heterocycles. The molecule has 5 heteroatoms. The van der Waals surface area contributed by atoms with Gasteiger partial charge in [-0.15, -0.1) is 0 Å². The number of nitrogens with two attached hydrogens (primary N) is 1. The second kappa shape index (κ2) is 7.20. The zero-order valence-corrected chi connectivity index (χ0v) is 13.0. The summed E-state index contributed by atoms with van der Waals surface area (Å²) in [6.45, 7) is 8.44. The maximum Gasteiger partial charge on any atom is 0.351 e. The normalized spacial score (nSPS) is 13.8. The maximum atomic E-state index is 12.6. The summed E-state index contributed by atoms with van der Waals surface area (Å²) in [6, 6.07) is 7.79. The summed E-state index contributed by atoms with van der Waals surface area (Å²) in [7, 11) is -3.29. The fraction of sp³-hybridized carbons (Fsp3) is 0.571. The van der Waals surface area contributed by atoms with Gasteiger partial charge >= 0.3 is 7.60 Å². The molecule has 1 aromatic carbocycles. The molecule has 0 radical (unpaired) electrons. The molecule has 0 aliphatic rings. The van der Waals surface area contributed by atoms with Crippen molar-refractivity contribution < 1.29 is 13.6 Å². The Morgan fingerprint density at radius 3 is 1.84 bits per heavy atom. The topological polar surface area (TPSA) is 61.5 Å². The summed E-state index contributed by atoms with van der Waals surface area (Å²) in [4.78, 5) is 0. The van der Waals surface area contributed by atoms with Crippen LogP contribution in [0.5, 0.6) is 0 Å². The quantitative estimate of drug-likeness (QED) is 0.768. The molecular formula is C14H24NO3P. The highest BCUT2D eigenvalue weighted by Gasteiger charge is 2.33. The largest absolute Gasteiger partial charge is 0.351 e. The molecule has 0 heterocycles. The minimum absolute atomic E-state index is 0.315. The van der Waals surface area contributed by atoms with E-state index in [1.165, 1.54) is 5.56 Å². The van der Waals surface area contributed by atoms with E-state index >= 15 is 0 Å². The molecule has 0 aliphatic heterocycles. The van der Waals surface area contributed by atoms with E-state index < -0.39 is 13.4 Å².